The summed E-state index contributed by atoms with van der Waals surface area (Å²) in [5, 5.41) is 14.0. The normalized spacial score (nSPS) is 11.1. The maximum Gasteiger partial charge on any atom is 0.212 e. The van der Waals surface area contributed by atoms with Crippen LogP contribution in [0.1, 0.15) is 30.9 Å². The fourth-order valence-corrected chi connectivity index (χ4v) is 3.41. The quantitative estimate of drug-likeness (QED) is 0.248. The molecule has 1 aromatic heterocycles. The lowest BCUT2D eigenvalue weighted by Crippen LogP contribution is -1.99. The van der Waals surface area contributed by atoms with Crippen molar-refractivity contribution >= 4 is 29.6 Å². The Bertz CT molecular complexity index is 944. The van der Waals surface area contributed by atoms with Crippen LogP contribution in [0.25, 0.3) is 0 Å². The van der Waals surface area contributed by atoms with Crippen LogP contribution in [0.4, 0.5) is 0 Å². The molecule has 0 amide bonds. The Hall–Kier alpha value is -2.51. The van der Waals surface area contributed by atoms with Gasteiger partial charge in [0.2, 0.25) is 5.16 Å². The molecule has 1 heterocycles. The third kappa shape index (κ3) is 6.24. The van der Waals surface area contributed by atoms with E-state index in [1.807, 2.05) is 42.5 Å². The standard InChI is InChI=1S/C21H23ClN4O2S/c1-3-4-11-28-19-10-7-17(12-20(19)27-2)13-24-26-15-23-25-21(26)29-14-16-5-8-18(22)9-6-16/h5-10,12-13,15H,3-4,11,14H2,1-2H3/b24-13+. The van der Waals surface area contributed by atoms with Gasteiger partial charge in [0, 0.05) is 10.8 Å². The molecular weight excluding hydrogens is 408 g/mol. The van der Waals surface area contributed by atoms with E-state index in [0.29, 0.717) is 17.5 Å². The summed E-state index contributed by atoms with van der Waals surface area (Å²) in [6, 6.07) is 13.5. The Morgan fingerprint density at radius 3 is 2.76 bits per heavy atom. The number of nitrogens with zero attached hydrogens (tertiary/aromatic N) is 4. The van der Waals surface area contributed by atoms with Gasteiger partial charge in [0.1, 0.15) is 6.33 Å². The zero-order valence-corrected chi connectivity index (χ0v) is 18.0. The highest BCUT2D eigenvalue weighted by Crippen LogP contribution is 2.28. The van der Waals surface area contributed by atoms with Crippen molar-refractivity contribution in [3.8, 4) is 11.5 Å². The summed E-state index contributed by atoms with van der Waals surface area (Å²) >= 11 is 7.49. The zero-order chi connectivity index (χ0) is 20.5. The summed E-state index contributed by atoms with van der Waals surface area (Å²) in [6.45, 7) is 2.81. The minimum atomic E-state index is 0.676. The molecule has 3 aromatic rings. The highest BCUT2D eigenvalue weighted by atomic mass is 35.5. The maximum absolute atomic E-state index is 5.93. The molecule has 0 aliphatic carbocycles. The summed E-state index contributed by atoms with van der Waals surface area (Å²) < 4.78 is 12.9. The summed E-state index contributed by atoms with van der Waals surface area (Å²) in [5.41, 5.74) is 2.05. The number of unbranched alkanes of at least 4 members (excludes halogenated alkanes) is 1. The molecule has 0 aliphatic heterocycles. The molecule has 0 radical (unpaired) electrons. The topological polar surface area (TPSA) is 61.5 Å². The van der Waals surface area contributed by atoms with Crippen LogP contribution in [0.5, 0.6) is 11.5 Å². The Balaban J connectivity index is 1.65. The monoisotopic (exact) mass is 430 g/mol. The van der Waals surface area contributed by atoms with E-state index in [-0.39, 0.29) is 0 Å². The Labute approximate surface area is 179 Å². The van der Waals surface area contributed by atoms with E-state index in [0.717, 1.165) is 40.5 Å². The van der Waals surface area contributed by atoms with E-state index < -0.39 is 0 Å². The van der Waals surface area contributed by atoms with Gasteiger partial charge in [0.05, 0.1) is 19.9 Å². The van der Waals surface area contributed by atoms with Crippen molar-refractivity contribution < 1.29 is 9.47 Å². The maximum atomic E-state index is 5.93. The van der Waals surface area contributed by atoms with Gasteiger partial charge in [-0.2, -0.15) is 9.78 Å². The third-order valence-corrected chi connectivity index (χ3v) is 5.31. The summed E-state index contributed by atoms with van der Waals surface area (Å²) in [6.07, 6.45) is 5.43. The van der Waals surface area contributed by atoms with Crippen LogP contribution in [-0.2, 0) is 5.75 Å². The lowest BCUT2D eigenvalue weighted by Gasteiger charge is -2.10. The van der Waals surface area contributed by atoms with Crippen LogP contribution in [0.15, 0.2) is 59.0 Å². The van der Waals surface area contributed by atoms with Crippen LogP contribution in [0.2, 0.25) is 5.02 Å². The minimum Gasteiger partial charge on any atom is -0.493 e. The van der Waals surface area contributed by atoms with Gasteiger partial charge in [-0.05, 0) is 47.9 Å². The Morgan fingerprint density at radius 1 is 1.17 bits per heavy atom. The van der Waals surface area contributed by atoms with E-state index in [1.165, 1.54) is 0 Å². The lowest BCUT2D eigenvalue weighted by atomic mass is 10.2. The van der Waals surface area contributed by atoms with E-state index in [1.54, 1.807) is 36.1 Å². The molecule has 3 rings (SSSR count). The van der Waals surface area contributed by atoms with Crippen molar-refractivity contribution in [1.29, 1.82) is 0 Å². The zero-order valence-electron chi connectivity index (χ0n) is 16.4. The second kappa shape index (κ2) is 10.9. The number of thioether (sulfide) groups is 1. The number of aromatic nitrogens is 3. The molecule has 0 fully saturated rings. The molecule has 0 spiro atoms. The van der Waals surface area contributed by atoms with E-state index >= 15 is 0 Å². The molecule has 8 heteroatoms. The number of halogens is 1. The largest absolute Gasteiger partial charge is 0.493 e. The van der Waals surface area contributed by atoms with Crippen molar-refractivity contribution in [1.82, 2.24) is 14.9 Å². The Kier molecular flexibility index (Phi) is 7.95. The fraction of sp³-hybridized carbons (Fsp3) is 0.286. The second-order valence-corrected chi connectivity index (χ2v) is 7.61. The van der Waals surface area contributed by atoms with Gasteiger partial charge in [-0.15, -0.1) is 10.2 Å². The number of benzene rings is 2. The highest BCUT2D eigenvalue weighted by Gasteiger charge is 2.07. The predicted molar refractivity (Wildman–Crippen MR) is 117 cm³/mol. The molecular formula is C21H23ClN4O2S. The average Bonchev–Trinajstić information content (AvgIpc) is 3.20. The number of rotatable bonds is 10. The van der Waals surface area contributed by atoms with Gasteiger partial charge in [-0.3, -0.25) is 0 Å². The smallest absolute Gasteiger partial charge is 0.212 e. The van der Waals surface area contributed by atoms with Crippen molar-refractivity contribution in [3.05, 3.63) is 64.9 Å². The number of methoxy groups -OCH3 is 1. The van der Waals surface area contributed by atoms with Crippen LogP contribution >= 0.6 is 23.4 Å². The first-order valence-electron chi connectivity index (χ1n) is 9.32. The molecule has 152 valence electrons. The Morgan fingerprint density at radius 2 is 2.00 bits per heavy atom. The first kappa shape index (κ1) is 21.2. The number of hydrogen-bond acceptors (Lipinski definition) is 6. The fourth-order valence-electron chi connectivity index (χ4n) is 2.46. The van der Waals surface area contributed by atoms with Crippen molar-refractivity contribution in [3.63, 3.8) is 0 Å². The highest BCUT2D eigenvalue weighted by molar-refractivity contribution is 7.98. The van der Waals surface area contributed by atoms with E-state index in [9.17, 15) is 0 Å². The van der Waals surface area contributed by atoms with Crippen molar-refractivity contribution in [2.24, 2.45) is 5.10 Å². The summed E-state index contributed by atoms with van der Waals surface area (Å²) in [7, 11) is 1.63. The van der Waals surface area contributed by atoms with Gasteiger partial charge in [-0.25, -0.2) is 0 Å². The van der Waals surface area contributed by atoms with Crippen LogP contribution < -0.4 is 9.47 Å². The van der Waals surface area contributed by atoms with Crippen LogP contribution in [-0.4, -0.2) is 34.8 Å². The first-order valence-corrected chi connectivity index (χ1v) is 10.7. The lowest BCUT2D eigenvalue weighted by molar-refractivity contribution is 0.288. The van der Waals surface area contributed by atoms with Gasteiger partial charge in [0.15, 0.2) is 11.5 Å². The molecule has 0 atom stereocenters. The van der Waals surface area contributed by atoms with Crippen LogP contribution in [0, 0.1) is 0 Å². The molecule has 29 heavy (non-hydrogen) atoms. The minimum absolute atomic E-state index is 0.676. The van der Waals surface area contributed by atoms with Gasteiger partial charge >= 0.3 is 0 Å². The molecule has 2 aromatic carbocycles. The number of hydrogen-bond donors (Lipinski definition) is 0. The van der Waals surface area contributed by atoms with Crippen LogP contribution in [0.3, 0.4) is 0 Å². The molecule has 6 nitrogen and oxygen atoms in total. The second-order valence-electron chi connectivity index (χ2n) is 6.23. The van der Waals surface area contributed by atoms with E-state index in [4.69, 9.17) is 21.1 Å². The molecule has 0 bridgehead atoms. The molecule has 0 saturated heterocycles. The molecule has 0 unspecified atom stereocenters. The summed E-state index contributed by atoms with van der Waals surface area (Å²) in [4.78, 5) is 0. The predicted octanol–water partition coefficient (Wildman–Crippen LogP) is 5.29. The van der Waals surface area contributed by atoms with Gasteiger partial charge in [-0.1, -0.05) is 48.8 Å². The van der Waals surface area contributed by atoms with Crippen molar-refractivity contribution in [2.45, 2.75) is 30.7 Å². The third-order valence-electron chi connectivity index (χ3n) is 4.06. The number of ether oxygens (including phenoxy) is 2. The molecule has 0 N–H and O–H groups in total. The average molecular weight is 431 g/mol. The first-order chi connectivity index (χ1) is 14.2. The SMILES string of the molecule is CCCCOc1ccc(/C=N/n2cnnc2SCc2ccc(Cl)cc2)cc1OC. The van der Waals surface area contributed by atoms with Crippen molar-refractivity contribution in [2.75, 3.05) is 13.7 Å². The summed E-state index contributed by atoms with van der Waals surface area (Å²) in [5.74, 6) is 2.18. The van der Waals surface area contributed by atoms with E-state index in [2.05, 4.69) is 22.2 Å². The molecule has 0 aliphatic rings. The van der Waals surface area contributed by atoms with Gasteiger partial charge in [0.25, 0.3) is 0 Å². The van der Waals surface area contributed by atoms with Gasteiger partial charge < -0.3 is 9.47 Å². The molecule has 0 saturated carbocycles.